The first-order valence-electron chi connectivity index (χ1n) is 17.3. The fourth-order valence-electron chi connectivity index (χ4n) is 12.4. The van der Waals surface area contributed by atoms with Crippen molar-refractivity contribution in [1.82, 2.24) is 10.6 Å². The number of hydrogen-bond donors (Lipinski definition) is 2. The number of carbonyl (C=O) groups is 3. The molecule has 0 aliphatic heterocycles. The van der Waals surface area contributed by atoms with Crippen LogP contribution in [0.2, 0.25) is 0 Å². The third-order valence-electron chi connectivity index (χ3n) is 14.7. The number of urea groups is 1. The minimum absolute atomic E-state index is 0.159. The van der Waals surface area contributed by atoms with Gasteiger partial charge < -0.3 is 15.4 Å². The number of hydrogen-bond acceptors (Lipinski definition) is 4. The van der Waals surface area contributed by atoms with Crippen molar-refractivity contribution >= 4 is 17.8 Å². The summed E-state index contributed by atoms with van der Waals surface area (Å²) in [6, 6.07) is -0.891. The van der Waals surface area contributed by atoms with E-state index >= 15 is 0 Å². The zero-order valence-electron chi connectivity index (χ0n) is 28.7. The first-order chi connectivity index (χ1) is 20.0. The Balaban J connectivity index is 1.46. The van der Waals surface area contributed by atoms with E-state index in [4.69, 9.17) is 4.74 Å². The van der Waals surface area contributed by atoms with Crippen molar-refractivity contribution in [3.63, 3.8) is 0 Å². The average Bonchev–Trinajstić information content (AvgIpc) is 3.30. The fourth-order valence-corrected chi connectivity index (χ4v) is 12.4. The fraction of sp³-hybridized carbons (Fsp3) is 0.865. The molecule has 5 aliphatic rings. The summed E-state index contributed by atoms with van der Waals surface area (Å²) in [7, 11) is 1.39. The zero-order valence-corrected chi connectivity index (χ0v) is 28.7. The van der Waals surface area contributed by atoms with Crippen LogP contribution in [0.3, 0.4) is 0 Å². The quantitative estimate of drug-likeness (QED) is 0.242. The lowest BCUT2D eigenvalue weighted by atomic mass is 9.32. The summed E-state index contributed by atoms with van der Waals surface area (Å²) in [5.74, 6) is 2.61. The number of methoxy groups -OCH3 is 1. The molecule has 0 spiro atoms. The van der Waals surface area contributed by atoms with Crippen LogP contribution in [0.4, 0.5) is 4.79 Å². The van der Waals surface area contributed by atoms with E-state index in [0.29, 0.717) is 41.8 Å². The van der Waals surface area contributed by atoms with Gasteiger partial charge in [0.25, 0.3) is 0 Å². The van der Waals surface area contributed by atoms with Gasteiger partial charge in [-0.2, -0.15) is 0 Å². The molecule has 43 heavy (non-hydrogen) atoms. The maximum absolute atomic E-state index is 13.7. The molecule has 0 radical (unpaired) electrons. The van der Waals surface area contributed by atoms with Gasteiger partial charge in [-0.25, -0.2) is 9.59 Å². The van der Waals surface area contributed by atoms with Crippen molar-refractivity contribution in [2.24, 2.45) is 57.2 Å². The van der Waals surface area contributed by atoms with E-state index in [1.807, 2.05) is 0 Å². The average molecular weight is 597 g/mol. The van der Waals surface area contributed by atoms with Gasteiger partial charge >= 0.3 is 12.0 Å². The molecule has 5 rings (SSSR count). The molecule has 6 nitrogen and oxygen atoms in total. The minimum atomic E-state index is -0.649. The number of amides is 2. The Morgan fingerprint density at radius 1 is 0.930 bits per heavy atom. The summed E-state index contributed by atoms with van der Waals surface area (Å²) < 4.78 is 5.04. The van der Waals surface area contributed by atoms with Crippen LogP contribution in [0.1, 0.15) is 126 Å². The van der Waals surface area contributed by atoms with Gasteiger partial charge in [-0.3, -0.25) is 4.79 Å². The second-order valence-corrected chi connectivity index (χ2v) is 17.3. The Kier molecular flexibility index (Phi) is 8.25. The number of fused-ring (bicyclic) bond motifs is 7. The molecule has 2 N–H and O–H groups in total. The van der Waals surface area contributed by atoms with E-state index in [1.165, 1.54) is 31.9 Å². The van der Waals surface area contributed by atoms with Gasteiger partial charge in [0.1, 0.15) is 11.8 Å². The Morgan fingerprint density at radius 2 is 1.63 bits per heavy atom. The number of esters is 1. The number of rotatable bonds is 6. The maximum Gasteiger partial charge on any atom is 0.328 e. The molecule has 5 saturated carbocycles. The largest absolute Gasteiger partial charge is 0.467 e. The third-order valence-corrected chi connectivity index (χ3v) is 14.7. The van der Waals surface area contributed by atoms with Crippen molar-refractivity contribution < 1.29 is 19.1 Å². The van der Waals surface area contributed by atoms with Gasteiger partial charge in [0.05, 0.1) is 7.11 Å². The van der Waals surface area contributed by atoms with Crippen LogP contribution in [0.15, 0.2) is 12.2 Å². The van der Waals surface area contributed by atoms with E-state index in [0.717, 1.165) is 44.9 Å². The highest BCUT2D eigenvalue weighted by molar-refractivity contribution is 5.85. The Bertz CT molecular complexity index is 1160. The molecule has 2 amide bonds. The van der Waals surface area contributed by atoms with Crippen molar-refractivity contribution in [3.8, 4) is 0 Å². The van der Waals surface area contributed by atoms with Gasteiger partial charge in [0, 0.05) is 17.4 Å². The highest BCUT2D eigenvalue weighted by Crippen LogP contribution is 2.76. The summed E-state index contributed by atoms with van der Waals surface area (Å²) in [4.78, 5) is 39.3. The molecule has 242 valence electrons. The molecule has 0 heterocycles. The number of Topliss-reactive ketones (excluding diaryl/α,β-unsaturated/α-hetero) is 1. The van der Waals surface area contributed by atoms with E-state index < -0.39 is 6.04 Å². The summed E-state index contributed by atoms with van der Waals surface area (Å²) >= 11 is 0. The van der Waals surface area contributed by atoms with Crippen molar-refractivity contribution in [1.29, 1.82) is 0 Å². The second-order valence-electron chi connectivity index (χ2n) is 17.3. The van der Waals surface area contributed by atoms with Crippen molar-refractivity contribution in [2.45, 2.75) is 138 Å². The van der Waals surface area contributed by atoms with Crippen LogP contribution in [0.5, 0.6) is 0 Å². The SMILES string of the molecule is C=C(C)[C@@H]1CCC2(NC(=O)N[C@H](CC(C)C)C(=O)OC)CC[C@@]3(C)C(CCC4[C@@]5(C)CCC(=O)C(C)(C)C5CC[C@]43C)C12. The maximum atomic E-state index is 13.7. The predicted molar refractivity (Wildman–Crippen MR) is 171 cm³/mol. The molecule has 0 saturated heterocycles. The number of nitrogens with one attached hydrogen (secondary N) is 2. The summed E-state index contributed by atoms with van der Waals surface area (Å²) in [5, 5.41) is 6.53. The van der Waals surface area contributed by atoms with E-state index in [-0.39, 0.29) is 45.1 Å². The van der Waals surface area contributed by atoms with Crippen LogP contribution in [0.25, 0.3) is 0 Å². The molecule has 0 aromatic rings. The van der Waals surface area contributed by atoms with Crippen LogP contribution in [0, 0.1) is 57.2 Å². The standard InChI is InChI=1S/C37H60N2O4/c1-22(2)21-26(31(41)43-10)38-32(42)39-37-18-13-24(23(3)4)30(37)25-11-12-28-34(7)16-15-29(40)33(5,6)27(34)14-17-36(28,9)35(25,8)19-20-37/h22,24-28,30H,3,11-21H2,1-2,4-10H3,(H2,38,39,42)/t24-,25?,26+,27?,28?,30?,34-,35-,36+,37?/m0/s1. The topological polar surface area (TPSA) is 84.5 Å². The lowest BCUT2D eigenvalue weighted by molar-refractivity contribution is -0.228. The van der Waals surface area contributed by atoms with Crippen molar-refractivity contribution in [2.75, 3.05) is 7.11 Å². The van der Waals surface area contributed by atoms with Crippen LogP contribution >= 0.6 is 0 Å². The third kappa shape index (κ3) is 4.82. The van der Waals surface area contributed by atoms with Crippen LogP contribution in [-0.4, -0.2) is 36.5 Å². The van der Waals surface area contributed by atoms with Gasteiger partial charge in [-0.15, -0.1) is 0 Å². The van der Waals surface area contributed by atoms with Crippen LogP contribution in [-0.2, 0) is 14.3 Å². The minimum Gasteiger partial charge on any atom is -0.467 e. The molecule has 0 aromatic heterocycles. The monoisotopic (exact) mass is 596 g/mol. The Labute approximate surface area is 261 Å². The molecular weight excluding hydrogens is 536 g/mol. The second kappa shape index (κ2) is 10.9. The van der Waals surface area contributed by atoms with Crippen molar-refractivity contribution in [3.05, 3.63) is 12.2 Å². The van der Waals surface area contributed by atoms with E-state index in [2.05, 4.69) is 72.6 Å². The predicted octanol–water partition coefficient (Wildman–Crippen LogP) is 7.85. The summed E-state index contributed by atoms with van der Waals surface area (Å²) in [6.07, 6.45) is 11.1. The number of allylic oxidation sites excluding steroid dienone is 1. The highest BCUT2D eigenvalue weighted by Gasteiger charge is 2.71. The molecule has 5 fully saturated rings. The molecular formula is C37H60N2O4. The number of ether oxygens (including phenoxy) is 1. The Hall–Kier alpha value is -1.85. The lowest BCUT2D eigenvalue weighted by Gasteiger charge is -2.72. The molecule has 0 aromatic carbocycles. The normalized spacial score (nSPS) is 43.9. The molecule has 10 atom stereocenters. The number of ketones is 1. The van der Waals surface area contributed by atoms with Gasteiger partial charge in [0.2, 0.25) is 0 Å². The molecule has 0 bridgehead atoms. The van der Waals surface area contributed by atoms with Crippen LogP contribution < -0.4 is 10.6 Å². The van der Waals surface area contributed by atoms with E-state index in [1.54, 1.807) is 0 Å². The molecule has 5 unspecified atom stereocenters. The molecule has 6 heteroatoms. The van der Waals surface area contributed by atoms with Gasteiger partial charge in [-0.1, -0.05) is 60.6 Å². The van der Waals surface area contributed by atoms with Gasteiger partial charge in [0.15, 0.2) is 0 Å². The first-order valence-corrected chi connectivity index (χ1v) is 17.3. The highest BCUT2D eigenvalue weighted by atomic mass is 16.5. The lowest BCUT2D eigenvalue weighted by Crippen LogP contribution is -2.69. The smallest absolute Gasteiger partial charge is 0.328 e. The van der Waals surface area contributed by atoms with E-state index in [9.17, 15) is 14.4 Å². The molecule has 5 aliphatic carbocycles. The number of carbonyl (C=O) groups excluding carboxylic acids is 3. The summed E-state index contributed by atoms with van der Waals surface area (Å²) in [6.45, 7) is 23.0. The Morgan fingerprint density at radius 3 is 2.26 bits per heavy atom. The summed E-state index contributed by atoms with van der Waals surface area (Å²) in [5.41, 5.74) is 1.25. The van der Waals surface area contributed by atoms with Gasteiger partial charge in [-0.05, 0) is 123 Å². The first kappa shape index (κ1) is 32.5. The zero-order chi connectivity index (χ0) is 31.8.